The quantitative estimate of drug-likeness (QED) is 0.547. The number of hydrogen-bond donors (Lipinski definition) is 0. The normalized spacial score (nSPS) is 10.3. The van der Waals surface area contributed by atoms with E-state index in [2.05, 4.69) is 0 Å². The van der Waals surface area contributed by atoms with E-state index in [4.69, 9.17) is 14.7 Å². The van der Waals surface area contributed by atoms with Gasteiger partial charge >= 0.3 is 0 Å². The second-order valence-corrected chi connectivity index (χ2v) is 4.08. The third kappa shape index (κ3) is 5.09. The molecule has 0 spiro atoms. The van der Waals surface area contributed by atoms with Crippen LogP contribution in [0.15, 0.2) is 24.3 Å². The van der Waals surface area contributed by atoms with Crippen molar-refractivity contribution in [3.63, 3.8) is 0 Å². The molecule has 0 unspecified atom stereocenters. The molecule has 0 amide bonds. The van der Waals surface area contributed by atoms with Crippen LogP contribution in [0.25, 0.3) is 0 Å². The van der Waals surface area contributed by atoms with E-state index in [0.29, 0.717) is 24.3 Å². The first-order valence-corrected chi connectivity index (χ1v) is 5.86. The number of ether oxygens (including phenoxy) is 2. The van der Waals surface area contributed by atoms with E-state index in [1.165, 1.54) is 0 Å². The summed E-state index contributed by atoms with van der Waals surface area (Å²) in [6.07, 6.45) is 0.169. The van der Waals surface area contributed by atoms with Crippen molar-refractivity contribution in [1.29, 1.82) is 5.26 Å². The third-order valence-electron chi connectivity index (χ3n) is 2.25. The number of carbonyl (C=O) groups excluding carboxylic acids is 1. The Morgan fingerprint density at radius 2 is 1.94 bits per heavy atom. The molecule has 0 fully saturated rings. The number of carbonyl (C=O) groups is 1. The van der Waals surface area contributed by atoms with Crippen LogP contribution in [0.3, 0.4) is 0 Å². The molecule has 0 aliphatic rings. The molecule has 0 aliphatic heterocycles. The Bertz CT molecular complexity index is 418. The number of benzene rings is 1. The fourth-order valence-corrected chi connectivity index (χ4v) is 1.32. The van der Waals surface area contributed by atoms with Crippen LogP contribution < -0.4 is 0 Å². The van der Waals surface area contributed by atoms with Gasteiger partial charge in [-0.2, -0.15) is 5.26 Å². The standard InChI is InChI=1S/C14H17NO3/c1-11(2)18-8-7-17-10-14(16)13-5-3-12(9-15)4-6-13/h3-6,11H,7-8,10H2,1-2H3. The number of rotatable bonds is 7. The molecule has 1 aromatic carbocycles. The SMILES string of the molecule is CC(C)OCCOCC(=O)c1ccc(C#N)cc1. The summed E-state index contributed by atoms with van der Waals surface area (Å²) in [5.41, 5.74) is 1.09. The lowest BCUT2D eigenvalue weighted by molar-refractivity contribution is 0.0208. The summed E-state index contributed by atoms with van der Waals surface area (Å²) >= 11 is 0. The second-order valence-electron chi connectivity index (χ2n) is 4.08. The minimum Gasteiger partial charge on any atom is -0.376 e. The van der Waals surface area contributed by atoms with Crippen molar-refractivity contribution in [3.05, 3.63) is 35.4 Å². The van der Waals surface area contributed by atoms with E-state index in [1.807, 2.05) is 19.9 Å². The van der Waals surface area contributed by atoms with Crippen molar-refractivity contribution < 1.29 is 14.3 Å². The van der Waals surface area contributed by atoms with Gasteiger partial charge < -0.3 is 9.47 Å². The Labute approximate surface area is 107 Å². The van der Waals surface area contributed by atoms with Crippen LogP contribution in [0.4, 0.5) is 0 Å². The summed E-state index contributed by atoms with van der Waals surface area (Å²) in [7, 11) is 0. The van der Waals surface area contributed by atoms with Gasteiger partial charge in [0.2, 0.25) is 0 Å². The van der Waals surface area contributed by atoms with E-state index in [1.54, 1.807) is 24.3 Å². The Morgan fingerprint density at radius 1 is 1.28 bits per heavy atom. The van der Waals surface area contributed by atoms with E-state index >= 15 is 0 Å². The number of nitriles is 1. The smallest absolute Gasteiger partial charge is 0.188 e. The maximum absolute atomic E-state index is 11.7. The summed E-state index contributed by atoms with van der Waals surface area (Å²) in [5, 5.41) is 8.64. The minimum atomic E-state index is -0.0935. The summed E-state index contributed by atoms with van der Waals surface area (Å²) in [4.78, 5) is 11.7. The molecule has 18 heavy (non-hydrogen) atoms. The van der Waals surface area contributed by atoms with Crippen LogP contribution in [0.2, 0.25) is 0 Å². The molecule has 0 bridgehead atoms. The van der Waals surface area contributed by atoms with Crippen molar-refractivity contribution in [2.45, 2.75) is 20.0 Å². The van der Waals surface area contributed by atoms with Crippen LogP contribution >= 0.6 is 0 Å². The van der Waals surface area contributed by atoms with Crippen LogP contribution in [0.1, 0.15) is 29.8 Å². The lowest BCUT2D eigenvalue weighted by atomic mass is 10.1. The molecular weight excluding hydrogens is 230 g/mol. The fraction of sp³-hybridized carbons (Fsp3) is 0.429. The van der Waals surface area contributed by atoms with Crippen molar-refractivity contribution in [3.8, 4) is 6.07 Å². The predicted octanol–water partition coefficient (Wildman–Crippen LogP) is 2.18. The average molecular weight is 247 g/mol. The molecule has 0 radical (unpaired) electrons. The summed E-state index contributed by atoms with van der Waals surface area (Å²) < 4.78 is 10.5. The Kier molecular flexibility index (Phi) is 6.06. The van der Waals surface area contributed by atoms with Crippen molar-refractivity contribution in [2.75, 3.05) is 19.8 Å². The van der Waals surface area contributed by atoms with Crippen LogP contribution in [-0.2, 0) is 9.47 Å². The molecule has 96 valence electrons. The molecule has 0 aromatic heterocycles. The first-order chi connectivity index (χ1) is 8.63. The van der Waals surface area contributed by atoms with E-state index in [9.17, 15) is 4.79 Å². The summed E-state index contributed by atoms with van der Waals surface area (Å²) in [6, 6.07) is 8.51. The topological polar surface area (TPSA) is 59.3 Å². The summed E-state index contributed by atoms with van der Waals surface area (Å²) in [6.45, 7) is 4.82. The van der Waals surface area contributed by atoms with Crippen LogP contribution in [-0.4, -0.2) is 31.7 Å². The van der Waals surface area contributed by atoms with E-state index < -0.39 is 0 Å². The van der Waals surface area contributed by atoms with Gasteiger partial charge in [-0.1, -0.05) is 12.1 Å². The monoisotopic (exact) mass is 247 g/mol. The van der Waals surface area contributed by atoms with Crippen LogP contribution in [0, 0.1) is 11.3 Å². The van der Waals surface area contributed by atoms with Gasteiger partial charge in [0.15, 0.2) is 5.78 Å². The van der Waals surface area contributed by atoms with Gasteiger partial charge in [0.1, 0.15) is 6.61 Å². The molecule has 4 nitrogen and oxygen atoms in total. The number of nitrogens with zero attached hydrogens (tertiary/aromatic N) is 1. The Hall–Kier alpha value is -1.70. The Morgan fingerprint density at radius 3 is 2.50 bits per heavy atom. The largest absolute Gasteiger partial charge is 0.376 e. The number of hydrogen-bond acceptors (Lipinski definition) is 4. The van der Waals surface area contributed by atoms with Crippen molar-refractivity contribution in [2.24, 2.45) is 0 Å². The van der Waals surface area contributed by atoms with Gasteiger partial charge in [-0.25, -0.2) is 0 Å². The lowest BCUT2D eigenvalue weighted by Crippen LogP contribution is -2.14. The molecule has 0 saturated carbocycles. The zero-order valence-electron chi connectivity index (χ0n) is 10.7. The average Bonchev–Trinajstić information content (AvgIpc) is 2.38. The zero-order chi connectivity index (χ0) is 13.4. The van der Waals surface area contributed by atoms with Gasteiger partial charge in [0.05, 0.1) is 31.0 Å². The lowest BCUT2D eigenvalue weighted by Gasteiger charge is -2.07. The van der Waals surface area contributed by atoms with Crippen LogP contribution in [0.5, 0.6) is 0 Å². The molecule has 0 aliphatic carbocycles. The molecule has 0 atom stereocenters. The first-order valence-electron chi connectivity index (χ1n) is 5.86. The molecule has 0 N–H and O–H groups in total. The third-order valence-corrected chi connectivity index (χ3v) is 2.25. The van der Waals surface area contributed by atoms with Gasteiger partial charge in [0, 0.05) is 5.56 Å². The first kappa shape index (κ1) is 14.4. The number of ketones is 1. The highest BCUT2D eigenvalue weighted by molar-refractivity contribution is 5.97. The van der Waals surface area contributed by atoms with Gasteiger partial charge in [-0.3, -0.25) is 4.79 Å². The fourth-order valence-electron chi connectivity index (χ4n) is 1.32. The predicted molar refractivity (Wildman–Crippen MR) is 67.4 cm³/mol. The maximum atomic E-state index is 11.7. The Balaban J connectivity index is 2.30. The highest BCUT2D eigenvalue weighted by Crippen LogP contribution is 2.04. The van der Waals surface area contributed by atoms with Gasteiger partial charge in [-0.15, -0.1) is 0 Å². The zero-order valence-corrected chi connectivity index (χ0v) is 10.7. The highest BCUT2D eigenvalue weighted by Gasteiger charge is 2.05. The van der Waals surface area contributed by atoms with Crippen molar-refractivity contribution in [1.82, 2.24) is 0 Å². The highest BCUT2D eigenvalue weighted by atomic mass is 16.5. The summed E-state index contributed by atoms with van der Waals surface area (Å²) in [5.74, 6) is -0.0935. The number of Topliss-reactive ketones (excluding diaryl/α,β-unsaturated/α-hetero) is 1. The molecule has 0 saturated heterocycles. The maximum Gasteiger partial charge on any atom is 0.188 e. The van der Waals surface area contributed by atoms with Gasteiger partial charge in [-0.05, 0) is 26.0 Å². The molecule has 0 heterocycles. The van der Waals surface area contributed by atoms with E-state index in [-0.39, 0.29) is 18.5 Å². The van der Waals surface area contributed by atoms with E-state index in [0.717, 1.165) is 0 Å². The molecular formula is C14H17NO3. The van der Waals surface area contributed by atoms with Crippen molar-refractivity contribution >= 4 is 5.78 Å². The molecule has 1 aromatic rings. The molecule has 1 rings (SSSR count). The molecule has 4 heteroatoms. The minimum absolute atomic E-state index is 0.0351. The van der Waals surface area contributed by atoms with Gasteiger partial charge in [0.25, 0.3) is 0 Å². The second kappa shape index (κ2) is 7.59.